The van der Waals surface area contributed by atoms with E-state index in [2.05, 4.69) is 11.2 Å². The molecule has 186 valence electrons. The number of ether oxygens (including phenoxy) is 3. The molecule has 2 N–H and O–H groups in total. The van der Waals surface area contributed by atoms with Gasteiger partial charge >= 0.3 is 5.97 Å². The Labute approximate surface area is 194 Å². The van der Waals surface area contributed by atoms with Gasteiger partial charge in [0.25, 0.3) is 0 Å². The minimum absolute atomic E-state index is 0.0499. The van der Waals surface area contributed by atoms with Crippen molar-refractivity contribution in [3.05, 3.63) is 0 Å². The van der Waals surface area contributed by atoms with Gasteiger partial charge in [0.05, 0.1) is 51.3 Å². The Bertz CT molecular complexity index is 788. The van der Waals surface area contributed by atoms with Gasteiger partial charge in [0, 0.05) is 19.4 Å². The van der Waals surface area contributed by atoms with Crippen LogP contribution in [0.2, 0.25) is 0 Å². The maximum atomic E-state index is 12.4. The molecule has 0 rings (SSSR count). The molecular weight excluding hydrogens is 458 g/mol. The van der Waals surface area contributed by atoms with Crippen LogP contribution in [0.4, 0.5) is 0 Å². The smallest absolute Gasteiger partial charge is 0.303 e. The molecule has 0 spiro atoms. The molecule has 0 aromatic heterocycles. The lowest BCUT2D eigenvalue weighted by molar-refractivity contribution is -0.137. The molecule has 0 aliphatic carbocycles. The summed E-state index contributed by atoms with van der Waals surface area (Å²) in [5.41, 5.74) is 0. The van der Waals surface area contributed by atoms with Crippen molar-refractivity contribution >= 4 is 27.8 Å². The number of hydrogen-bond donors (Lipinski definition) is 2. The predicted octanol–water partition coefficient (Wildman–Crippen LogP) is -0.497. The van der Waals surface area contributed by atoms with Gasteiger partial charge in [0.2, 0.25) is 21.8 Å². The standard InChI is InChI=1S/C20H31N3O9S/c1-2-11-30-13-15-32-16-14-31-12-7-19(25)23(10-8-21)33(28,29)17-9-22-18(24)5-3-4-6-20(26)27/h1H,3-7,9-17H2,(H,22,24)(H,26,27). The van der Waals surface area contributed by atoms with Crippen molar-refractivity contribution in [2.24, 2.45) is 0 Å². The van der Waals surface area contributed by atoms with Crippen LogP contribution in [-0.4, -0.2) is 94.1 Å². The predicted molar refractivity (Wildman–Crippen MR) is 116 cm³/mol. The van der Waals surface area contributed by atoms with Gasteiger partial charge in [-0.2, -0.15) is 5.26 Å². The minimum Gasteiger partial charge on any atom is -0.481 e. The number of carboxylic acid groups (broad SMARTS) is 1. The van der Waals surface area contributed by atoms with Crippen molar-refractivity contribution in [3.63, 3.8) is 0 Å². The molecule has 0 unspecified atom stereocenters. The molecule has 0 atom stereocenters. The van der Waals surface area contributed by atoms with Crippen molar-refractivity contribution in [3.8, 4) is 18.4 Å². The number of carbonyl (C=O) groups excluding carboxylic acids is 2. The second-order valence-electron chi connectivity index (χ2n) is 6.56. The van der Waals surface area contributed by atoms with Crippen LogP contribution in [0, 0.1) is 23.7 Å². The van der Waals surface area contributed by atoms with Crippen LogP contribution < -0.4 is 5.32 Å². The van der Waals surface area contributed by atoms with Gasteiger partial charge in [0.15, 0.2) is 0 Å². The molecule has 0 bridgehead atoms. The first-order valence-electron chi connectivity index (χ1n) is 10.3. The summed E-state index contributed by atoms with van der Waals surface area (Å²) in [6, 6.07) is 1.64. The molecule has 0 saturated heterocycles. The third kappa shape index (κ3) is 16.6. The van der Waals surface area contributed by atoms with E-state index >= 15 is 0 Å². The molecule has 0 aromatic carbocycles. The van der Waals surface area contributed by atoms with Crippen molar-refractivity contribution in [1.29, 1.82) is 5.26 Å². The Morgan fingerprint density at radius 2 is 1.58 bits per heavy atom. The molecule has 0 aromatic rings. The Hall–Kier alpha value is -2.71. The van der Waals surface area contributed by atoms with E-state index in [0.29, 0.717) is 30.4 Å². The van der Waals surface area contributed by atoms with Crippen molar-refractivity contribution in [2.45, 2.75) is 32.1 Å². The zero-order valence-electron chi connectivity index (χ0n) is 18.5. The fraction of sp³-hybridized carbons (Fsp3) is 0.700. The summed E-state index contributed by atoms with van der Waals surface area (Å²) in [6.45, 7) is 0.367. The summed E-state index contributed by atoms with van der Waals surface area (Å²) in [5.74, 6) is -0.410. The fourth-order valence-electron chi connectivity index (χ4n) is 2.34. The normalized spacial score (nSPS) is 10.7. The number of nitrogens with one attached hydrogen (secondary N) is 1. The second-order valence-corrected chi connectivity index (χ2v) is 8.57. The van der Waals surface area contributed by atoms with Gasteiger partial charge in [-0.1, -0.05) is 5.92 Å². The summed E-state index contributed by atoms with van der Waals surface area (Å²) in [6.07, 6.45) is 5.48. The van der Waals surface area contributed by atoms with Crippen LogP contribution in [0.15, 0.2) is 0 Å². The van der Waals surface area contributed by atoms with Gasteiger partial charge in [-0.15, -0.1) is 6.42 Å². The molecule has 33 heavy (non-hydrogen) atoms. The van der Waals surface area contributed by atoms with Crippen LogP contribution in [-0.2, 0) is 38.6 Å². The van der Waals surface area contributed by atoms with E-state index < -0.39 is 40.1 Å². The van der Waals surface area contributed by atoms with Crippen molar-refractivity contribution in [1.82, 2.24) is 9.62 Å². The second kappa shape index (κ2) is 18.8. The number of amides is 2. The fourth-order valence-corrected chi connectivity index (χ4v) is 3.58. The lowest BCUT2D eigenvalue weighted by Crippen LogP contribution is -2.41. The average molecular weight is 490 g/mol. The quantitative estimate of drug-likeness (QED) is 0.129. The van der Waals surface area contributed by atoms with Gasteiger partial charge in [0.1, 0.15) is 13.2 Å². The summed E-state index contributed by atoms with van der Waals surface area (Å²) in [4.78, 5) is 34.4. The molecule has 0 fully saturated rings. The van der Waals surface area contributed by atoms with Crippen LogP contribution in [0.5, 0.6) is 0 Å². The third-order valence-electron chi connectivity index (χ3n) is 3.94. The Morgan fingerprint density at radius 3 is 2.18 bits per heavy atom. The first kappa shape index (κ1) is 30.3. The van der Waals surface area contributed by atoms with Crippen molar-refractivity contribution < 1.29 is 42.1 Å². The highest BCUT2D eigenvalue weighted by molar-refractivity contribution is 7.89. The topological polar surface area (TPSA) is 172 Å². The first-order valence-corrected chi connectivity index (χ1v) is 11.9. The molecule has 0 heterocycles. The van der Waals surface area contributed by atoms with E-state index in [0.717, 1.165) is 0 Å². The molecule has 0 aliphatic rings. The van der Waals surface area contributed by atoms with E-state index in [1.807, 2.05) is 0 Å². The Balaban J connectivity index is 4.22. The molecule has 13 heteroatoms. The molecule has 0 radical (unpaired) electrons. The number of aliphatic carboxylic acids is 1. The summed E-state index contributed by atoms with van der Waals surface area (Å²) in [7, 11) is -4.12. The maximum Gasteiger partial charge on any atom is 0.303 e. The highest BCUT2D eigenvalue weighted by atomic mass is 32.2. The molecule has 0 saturated carbocycles. The van der Waals surface area contributed by atoms with Gasteiger partial charge in [-0.25, -0.2) is 12.7 Å². The number of carbonyl (C=O) groups is 3. The van der Waals surface area contributed by atoms with E-state index in [4.69, 9.17) is 31.0 Å². The monoisotopic (exact) mass is 489 g/mol. The number of carboxylic acids is 1. The number of terminal acetylenes is 1. The molecule has 0 aliphatic heterocycles. The maximum absolute atomic E-state index is 12.4. The van der Waals surface area contributed by atoms with Crippen LogP contribution >= 0.6 is 0 Å². The number of nitriles is 1. The summed E-state index contributed by atoms with van der Waals surface area (Å²) >= 11 is 0. The number of sulfonamides is 1. The Kier molecular flexibility index (Phi) is 17.3. The number of hydrogen-bond acceptors (Lipinski definition) is 9. The molecule has 12 nitrogen and oxygen atoms in total. The highest BCUT2D eigenvalue weighted by Gasteiger charge is 2.26. The largest absolute Gasteiger partial charge is 0.481 e. The number of rotatable bonds is 20. The van der Waals surface area contributed by atoms with E-state index in [1.54, 1.807) is 6.07 Å². The average Bonchev–Trinajstić information content (AvgIpc) is 2.75. The van der Waals surface area contributed by atoms with Crippen molar-refractivity contribution in [2.75, 3.05) is 58.5 Å². The Morgan fingerprint density at radius 1 is 0.970 bits per heavy atom. The molecule has 2 amide bonds. The number of nitrogens with zero attached hydrogens (tertiary/aromatic N) is 2. The highest BCUT2D eigenvalue weighted by Crippen LogP contribution is 2.05. The zero-order valence-corrected chi connectivity index (χ0v) is 19.3. The third-order valence-corrected chi connectivity index (χ3v) is 5.67. The van der Waals surface area contributed by atoms with Gasteiger partial charge in [-0.05, 0) is 12.8 Å². The lowest BCUT2D eigenvalue weighted by Gasteiger charge is -2.19. The van der Waals surface area contributed by atoms with E-state index in [-0.39, 0.29) is 52.2 Å². The zero-order chi connectivity index (χ0) is 25.0. The number of unbranched alkanes of at least 4 members (excludes halogenated alkanes) is 1. The van der Waals surface area contributed by atoms with Gasteiger partial charge in [-0.3, -0.25) is 14.4 Å². The van der Waals surface area contributed by atoms with Crippen LogP contribution in [0.3, 0.4) is 0 Å². The van der Waals surface area contributed by atoms with Crippen LogP contribution in [0.25, 0.3) is 0 Å². The van der Waals surface area contributed by atoms with E-state index in [1.165, 1.54) is 0 Å². The summed E-state index contributed by atoms with van der Waals surface area (Å²) in [5, 5.41) is 19.8. The first-order chi connectivity index (χ1) is 15.7. The van der Waals surface area contributed by atoms with Crippen LogP contribution in [0.1, 0.15) is 32.1 Å². The van der Waals surface area contributed by atoms with E-state index in [9.17, 15) is 22.8 Å². The van der Waals surface area contributed by atoms with Gasteiger partial charge < -0.3 is 24.6 Å². The SMILES string of the molecule is C#CCOCCOCCOCCC(=O)N(CC#N)S(=O)(=O)CCNC(=O)CCCCC(=O)O. The molecular formula is C20H31N3O9S. The minimum atomic E-state index is -4.12. The lowest BCUT2D eigenvalue weighted by atomic mass is 10.2. The summed E-state index contributed by atoms with van der Waals surface area (Å²) < 4.78 is 40.8.